The van der Waals surface area contributed by atoms with Gasteiger partial charge >= 0.3 is 0 Å². The molecule has 0 aliphatic carbocycles. The zero-order chi connectivity index (χ0) is 7.56. The Labute approximate surface area is 59.3 Å². The summed E-state index contributed by atoms with van der Waals surface area (Å²) in [5.74, 6) is -0.376. The molecule has 1 heterocycles. The Bertz CT molecular complexity index is 178. The number of carbonyl (C=O) groups is 2. The van der Waals surface area contributed by atoms with E-state index in [-0.39, 0.29) is 11.8 Å². The second-order valence-corrected chi connectivity index (χ2v) is 2.16. The van der Waals surface area contributed by atoms with E-state index >= 15 is 0 Å². The molecule has 3 heteroatoms. The maximum atomic E-state index is 10.8. The van der Waals surface area contributed by atoms with Crippen LogP contribution in [0.3, 0.4) is 0 Å². The van der Waals surface area contributed by atoms with Crippen molar-refractivity contribution in [1.82, 2.24) is 4.90 Å². The zero-order valence-electron chi connectivity index (χ0n) is 5.83. The molecule has 2 amide bonds. The summed E-state index contributed by atoms with van der Waals surface area (Å²) in [6, 6.07) is 0. The van der Waals surface area contributed by atoms with Gasteiger partial charge in [0, 0.05) is 18.7 Å². The first-order valence-electron chi connectivity index (χ1n) is 3.29. The summed E-state index contributed by atoms with van der Waals surface area (Å²) in [4.78, 5) is 22.8. The normalized spacial score (nSPS) is 17.1. The van der Waals surface area contributed by atoms with E-state index in [1.165, 1.54) is 17.1 Å². The first-order chi connectivity index (χ1) is 4.75. The fraction of sp³-hybridized carbons (Fsp3) is 0.429. The van der Waals surface area contributed by atoms with Crippen LogP contribution in [-0.4, -0.2) is 23.3 Å². The lowest BCUT2D eigenvalue weighted by atomic mass is 10.4. The van der Waals surface area contributed by atoms with Gasteiger partial charge < -0.3 is 0 Å². The molecule has 0 bridgehead atoms. The summed E-state index contributed by atoms with van der Waals surface area (Å²) in [5, 5.41) is 0. The van der Waals surface area contributed by atoms with Crippen molar-refractivity contribution in [3.8, 4) is 0 Å². The number of amides is 2. The molecule has 0 N–H and O–H groups in total. The Hall–Kier alpha value is -1.12. The summed E-state index contributed by atoms with van der Waals surface area (Å²) in [6.45, 7) is 2.46. The fourth-order valence-corrected chi connectivity index (χ4v) is 0.875. The highest BCUT2D eigenvalue weighted by Gasteiger charge is 2.21. The molecule has 1 rings (SSSR count). The number of imide groups is 1. The third-order valence-corrected chi connectivity index (χ3v) is 1.35. The van der Waals surface area contributed by atoms with E-state index in [0.29, 0.717) is 6.54 Å². The molecule has 0 aromatic heterocycles. The minimum atomic E-state index is -0.188. The van der Waals surface area contributed by atoms with E-state index in [2.05, 4.69) is 0 Å². The summed E-state index contributed by atoms with van der Waals surface area (Å²) in [6.07, 6.45) is 3.43. The average Bonchev–Trinajstić information content (AvgIpc) is 2.20. The Morgan fingerprint density at radius 1 is 1.30 bits per heavy atom. The molecular weight excluding hydrogens is 130 g/mol. The average molecular weight is 139 g/mol. The molecular formula is C7H9NO2. The minimum Gasteiger partial charge on any atom is -0.275 e. The van der Waals surface area contributed by atoms with Crippen LogP contribution in [0.25, 0.3) is 0 Å². The van der Waals surface area contributed by atoms with Crippen molar-refractivity contribution in [2.75, 3.05) is 6.54 Å². The molecule has 0 unspecified atom stereocenters. The van der Waals surface area contributed by atoms with E-state index < -0.39 is 0 Å². The molecule has 1 aliphatic rings. The van der Waals surface area contributed by atoms with Crippen LogP contribution in [0.15, 0.2) is 12.2 Å². The molecule has 0 aromatic carbocycles. The first-order valence-corrected chi connectivity index (χ1v) is 3.29. The van der Waals surface area contributed by atoms with Crippen molar-refractivity contribution in [1.29, 1.82) is 0 Å². The molecule has 0 radical (unpaired) electrons. The van der Waals surface area contributed by atoms with Crippen LogP contribution >= 0.6 is 0 Å². The molecule has 10 heavy (non-hydrogen) atoms. The van der Waals surface area contributed by atoms with Crippen LogP contribution in [0.2, 0.25) is 0 Å². The summed E-state index contributed by atoms with van der Waals surface area (Å²) in [7, 11) is 0. The molecule has 1 aliphatic heterocycles. The number of carbonyl (C=O) groups excluding carboxylic acids is 2. The SMILES string of the molecule is CCCN1C(=O)C=CC1=O. The predicted molar refractivity (Wildman–Crippen MR) is 36.2 cm³/mol. The highest BCUT2D eigenvalue weighted by atomic mass is 16.2. The lowest BCUT2D eigenvalue weighted by molar-refractivity contribution is -0.136. The quantitative estimate of drug-likeness (QED) is 0.517. The lowest BCUT2D eigenvalue weighted by Crippen LogP contribution is -2.30. The maximum absolute atomic E-state index is 10.8. The Morgan fingerprint density at radius 3 is 2.20 bits per heavy atom. The van der Waals surface area contributed by atoms with Gasteiger partial charge in [-0.05, 0) is 6.42 Å². The fourth-order valence-electron chi connectivity index (χ4n) is 0.875. The van der Waals surface area contributed by atoms with Crippen LogP contribution < -0.4 is 0 Å². The second-order valence-electron chi connectivity index (χ2n) is 2.16. The van der Waals surface area contributed by atoms with Crippen molar-refractivity contribution in [3.63, 3.8) is 0 Å². The van der Waals surface area contributed by atoms with E-state index in [9.17, 15) is 9.59 Å². The Morgan fingerprint density at radius 2 is 1.80 bits per heavy atom. The number of nitrogens with zero attached hydrogens (tertiary/aromatic N) is 1. The largest absolute Gasteiger partial charge is 0.275 e. The Kier molecular flexibility index (Phi) is 1.85. The number of hydrogen-bond donors (Lipinski definition) is 0. The van der Waals surface area contributed by atoms with Crippen LogP contribution in [0, 0.1) is 0 Å². The van der Waals surface area contributed by atoms with Gasteiger partial charge in [0.05, 0.1) is 0 Å². The topological polar surface area (TPSA) is 37.4 Å². The molecule has 3 nitrogen and oxygen atoms in total. The van der Waals surface area contributed by atoms with Crippen LogP contribution in [0.5, 0.6) is 0 Å². The van der Waals surface area contributed by atoms with E-state index in [0.717, 1.165) is 6.42 Å². The molecule has 0 atom stereocenters. The first kappa shape index (κ1) is 6.99. The minimum absolute atomic E-state index is 0.188. The van der Waals surface area contributed by atoms with Gasteiger partial charge in [-0.15, -0.1) is 0 Å². The van der Waals surface area contributed by atoms with Gasteiger partial charge in [0.25, 0.3) is 11.8 Å². The van der Waals surface area contributed by atoms with Gasteiger partial charge in [0.2, 0.25) is 0 Å². The van der Waals surface area contributed by atoms with E-state index in [1.54, 1.807) is 0 Å². The summed E-state index contributed by atoms with van der Waals surface area (Å²) in [5.41, 5.74) is 0. The standard InChI is InChI=1S/C7H9NO2/c1-2-5-8-6(9)3-4-7(8)10/h3-4H,2,5H2,1H3. The maximum Gasteiger partial charge on any atom is 0.253 e. The predicted octanol–water partition coefficient (Wildman–Crippen LogP) is 0.321. The molecule has 0 fully saturated rings. The van der Waals surface area contributed by atoms with Crippen molar-refractivity contribution in [3.05, 3.63) is 12.2 Å². The van der Waals surface area contributed by atoms with Gasteiger partial charge in [-0.3, -0.25) is 14.5 Å². The van der Waals surface area contributed by atoms with Crippen molar-refractivity contribution in [2.24, 2.45) is 0 Å². The van der Waals surface area contributed by atoms with E-state index in [1.807, 2.05) is 6.92 Å². The smallest absolute Gasteiger partial charge is 0.253 e. The van der Waals surface area contributed by atoms with Gasteiger partial charge in [-0.1, -0.05) is 6.92 Å². The highest BCUT2D eigenvalue weighted by Crippen LogP contribution is 2.02. The van der Waals surface area contributed by atoms with Gasteiger partial charge in [0.1, 0.15) is 0 Å². The van der Waals surface area contributed by atoms with Gasteiger partial charge in [-0.25, -0.2) is 0 Å². The van der Waals surface area contributed by atoms with Crippen molar-refractivity contribution >= 4 is 11.8 Å². The molecule has 0 saturated carbocycles. The molecule has 54 valence electrons. The third kappa shape index (κ3) is 1.07. The lowest BCUT2D eigenvalue weighted by Gasteiger charge is -2.10. The zero-order valence-corrected chi connectivity index (χ0v) is 5.83. The summed E-state index contributed by atoms with van der Waals surface area (Å²) < 4.78 is 0. The van der Waals surface area contributed by atoms with E-state index in [4.69, 9.17) is 0 Å². The van der Waals surface area contributed by atoms with Crippen LogP contribution in [0.1, 0.15) is 13.3 Å². The number of rotatable bonds is 2. The molecule has 0 spiro atoms. The third-order valence-electron chi connectivity index (χ3n) is 1.35. The van der Waals surface area contributed by atoms with Gasteiger partial charge in [0.15, 0.2) is 0 Å². The highest BCUT2D eigenvalue weighted by molar-refractivity contribution is 6.12. The molecule has 0 saturated heterocycles. The summed E-state index contributed by atoms with van der Waals surface area (Å²) >= 11 is 0. The van der Waals surface area contributed by atoms with Crippen molar-refractivity contribution < 1.29 is 9.59 Å². The van der Waals surface area contributed by atoms with Gasteiger partial charge in [-0.2, -0.15) is 0 Å². The monoisotopic (exact) mass is 139 g/mol. The van der Waals surface area contributed by atoms with Crippen molar-refractivity contribution in [2.45, 2.75) is 13.3 Å². The second kappa shape index (κ2) is 2.64. The van der Waals surface area contributed by atoms with Crippen LogP contribution in [0.4, 0.5) is 0 Å². The molecule has 0 aromatic rings. The number of hydrogen-bond acceptors (Lipinski definition) is 2. The van der Waals surface area contributed by atoms with Crippen LogP contribution in [-0.2, 0) is 9.59 Å². The Balaban J connectivity index is 2.60.